The van der Waals surface area contributed by atoms with E-state index in [1.54, 1.807) is 0 Å². The zero-order valence-corrected chi connectivity index (χ0v) is 24.0. The first-order valence-corrected chi connectivity index (χ1v) is 14.8. The summed E-state index contributed by atoms with van der Waals surface area (Å²) in [5.74, 6) is 0.597. The molecule has 44 heavy (non-hydrogen) atoms. The second-order valence-corrected chi connectivity index (χ2v) is 10.8. The first-order chi connectivity index (χ1) is 21.8. The summed E-state index contributed by atoms with van der Waals surface area (Å²) >= 11 is 0. The van der Waals surface area contributed by atoms with Crippen molar-refractivity contribution in [2.45, 2.75) is 0 Å². The van der Waals surface area contributed by atoms with Gasteiger partial charge in [-0.25, -0.2) is 4.98 Å². The Morgan fingerprint density at radius 2 is 1.02 bits per heavy atom. The minimum atomic E-state index is 0.597. The lowest BCUT2D eigenvalue weighted by atomic mass is 9.98. The molecule has 0 aliphatic heterocycles. The standard InChI is InChI=1S/C41H28N2O/c1-2-11-29(12-3-1)30-21-25-33(26-22-30)43(39-19-8-6-16-37(39)41-42-38-18-7-9-20-40(38)44-41)34-27-23-32(24-28-34)36-17-10-14-31-13-4-5-15-35(31)36/h1-28H. The third kappa shape index (κ3) is 4.71. The summed E-state index contributed by atoms with van der Waals surface area (Å²) in [7, 11) is 0. The highest BCUT2D eigenvalue weighted by Gasteiger charge is 2.20. The van der Waals surface area contributed by atoms with Gasteiger partial charge in [0, 0.05) is 11.4 Å². The van der Waals surface area contributed by atoms with Crippen LogP contribution in [0.4, 0.5) is 17.1 Å². The molecule has 7 aromatic carbocycles. The van der Waals surface area contributed by atoms with Gasteiger partial charge in [0.15, 0.2) is 5.58 Å². The van der Waals surface area contributed by atoms with Crippen LogP contribution < -0.4 is 4.90 Å². The number of oxazole rings is 1. The molecule has 0 saturated heterocycles. The molecule has 0 atom stereocenters. The maximum atomic E-state index is 6.27. The van der Waals surface area contributed by atoms with E-state index in [0.29, 0.717) is 5.89 Å². The molecule has 0 aliphatic carbocycles. The Balaban J connectivity index is 1.26. The van der Waals surface area contributed by atoms with E-state index in [4.69, 9.17) is 9.40 Å². The van der Waals surface area contributed by atoms with E-state index < -0.39 is 0 Å². The average Bonchev–Trinajstić information content (AvgIpc) is 3.54. The molecule has 1 aromatic heterocycles. The number of hydrogen-bond donors (Lipinski definition) is 0. The van der Waals surface area contributed by atoms with Crippen LogP contribution in [0.2, 0.25) is 0 Å². The van der Waals surface area contributed by atoms with Gasteiger partial charge in [0.05, 0.1) is 11.3 Å². The van der Waals surface area contributed by atoms with Gasteiger partial charge >= 0.3 is 0 Å². The average molecular weight is 565 g/mol. The second-order valence-electron chi connectivity index (χ2n) is 10.8. The van der Waals surface area contributed by atoms with Crippen molar-refractivity contribution < 1.29 is 4.42 Å². The highest BCUT2D eigenvalue weighted by atomic mass is 16.3. The van der Waals surface area contributed by atoms with Gasteiger partial charge in [0.1, 0.15) is 5.52 Å². The van der Waals surface area contributed by atoms with Crippen molar-refractivity contribution in [3.05, 3.63) is 170 Å². The van der Waals surface area contributed by atoms with Crippen molar-refractivity contribution in [3.63, 3.8) is 0 Å². The van der Waals surface area contributed by atoms with Gasteiger partial charge in [-0.1, -0.05) is 121 Å². The molecule has 0 fully saturated rings. The van der Waals surface area contributed by atoms with Crippen molar-refractivity contribution in [3.8, 4) is 33.7 Å². The fourth-order valence-electron chi connectivity index (χ4n) is 5.96. The number of rotatable bonds is 6. The molecule has 208 valence electrons. The third-order valence-corrected chi connectivity index (χ3v) is 8.13. The van der Waals surface area contributed by atoms with Crippen LogP contribution in [0.1, 0.15) is 0 Å². The van der Waals surface area contributed by atoms with Crippen LogP contribution >= 0.6 is 0 Å². The summed E-state index contributed by atoms with van der Waals surface area (Å²) in [5.41, 5.74) is 10.4. The van der Waals surface area contributed by atoms with E-state index in [1.165, 1.54) is 33.0 Å². The molecule has 3 nitrogen and oxygen atoms in total. The molecule has 0 N–H and O–H groups in total. The van der Waals surface area contributed by atoms with Crippen molar-refractivity contribution in [1.82, 2.24) is 4.98 Å². The normalized spacial score (nSPS) is 11.2. The predicted octanol–water partition coefficient (Wildman–Crippen LogP) is 11.5. The molecule has 0 amide bonds. The highest BCUT2D eigenvalue weighted by Crippen LogP contribution is 2.42. The minimum Gasteiger partial charge on any atom is -0.436 e. The van der Waals surface area contributed by atoms with E-state index in [1.807, 2.05) is 36.4 Å². The molecular formula is C41H28N2O. The Morgan fingerprint density at radius 3 is 1.82 bits per heavy atom. The van der Waals surface area contributed by atoms with E-state index in [9.17, 15) is 0 Å². The molecule has 8 aromatic rings. The van der Waals surface area contributed by atoms with E-state index in [-0.39, 0.29) is 0 Å². The molecule has 0 saturated carbocycles. The van der Waals surface area contributed by atoms with Crippen molar-refractivity contribution in [2.75, 3.05) is 4.90 Å². The summed E-state index contributed by atoms with van der Waals surface area (Å²) in [6.07, 6.45) is 0. The van der Waals surface area contributed by atoms with Gasteiger partial charge in [-0.3, -0.25) is 0 Å². The molecular weight excluding hydrogens is 536 g/mol. The summed E-state index contributed by atoms with van der Waals surface area (Å²) in [4.78, 5) is 7.14. The summed E-state index contributed by atoms with van der Waals surface area (Å²) < 4.78 is 6.27. The van der Waals surface area contributed by atoms with Crippen LogP contribution in [0.15, 0.2) is 174 Å². The topological polar surface area (TPSA) is 29.3 Å². The highest BCUT2D eigenvalue weighted by molar-refractivity contribution is 5.97. The SMILES string of the molecule is c1ccc(-c2ccc(N(c3ccc(-c4cccc5ccccc45)cc3)c3ccccc3-c3nc4ccccc4o3)cc2)cc1. The Morgan fingerprint density at radius 1 is 0.432 bits per heavy atom. The molecule has 0 unspecified atom stereocenters. The van der Waals surface area contributed by atoms with Crippen LogP contribution in [0.3, 0.4) is 0 Å². The van der Waals surface area contributed by atoms with Gasteiger partial charge in [0.2, 0.25) is 5.89 Å². The number of anilines is 3. The van der Waals surface area contributed by atoms with Crippen molar-refractivity contribution in [2.24, 2.45) is 0 Å². The van der Waals surface area contributed by atoms with Crippen molar-refractivity contribution in [1.29, 1.82) is 0 Å². The van der Waals surface area contributed by atoms with Crippen LogP contribution in [-0.2, 0) is 0 Å². The van der Waals surface area contributed by atoms with Crippen LogP contribution in [0.25, 0.3) is 55.6 Å². The minimum absolute atomic E-state index is 0.597. The monoisotopic (exact) mass is 564 g/mol. The Labute approximate surface area is 256 Å². The zero-order valence-electron chi connectivity index (χ0n) is 24.0. The van der Waals surface area contributed by atoms with Crippen LogP contribution in [0.5, 0.6) is 0 Å². The van der Waals surface area contributed by atoms with E-state index in [2.05, 4.69) is 138 Å². The number of hydrogen-bond acceptors (Lipinski definition) is 3. The van der Waals surface area contributed by atoms with Gasteiger partial charge in [-0.05, 0) is 81.6 Å². The first kappa shape index (κ1) is 25.8. The molecule has 0 bridgehead atoms. The lowest BCUT2D eigenvalue weighted by molar-refractivity contribution is 0.620. The number of nitrogens with zero attached hydrogens (tertiary/aromatic N) is 2. The summed E-state index contributed by atoms with van der Waals surface area (Å²) in [6.45, 7) is 0. The number of aromatic nitrogens is 1. The molecule has 3 heteroatoms. The predicted molar refractivity (Wildman–Crippen MR) is 183 cm³/mol. The Kier molecular flexibility index (Phi) is 6.47. The number of benzene rings is 7. The molecule has 0 spiro atoms. The van der Waals surface area contributed by atoms with Gasteiger partial charge in [-0.15, -0.1) is 0 Å². The first-order valence-electron chi connectivity index (χ1n) is 14.8. The van der Waals surface area contributed by atoms with Gasteiger partial charge in [0.25, 0.3) is 0 Å². The van der Waals surface area contributed by atoms with Gasteiger partial charge < -0.3 is 9.32 Å². The Hall–Kier alpha value is -5.93. The van der Waals surface area contributed by atoms with Crippen LogP contribution in [-0.4, -0.2) is 4.98 Å². The quantitative estimate of drug-likeness (QED) is 0.201. The number of para-hydroxylation sites is 3. The fraction of sp³-hybridized carbons (Fsp3) is 0. The largest absolute Gasteiger partial charge is 0.436 e. The maximum absolute atomic E-state index is 6.27. The lowest BCUT2D eigenvalue weighted by Gasteiger charge is -2.27. The maximum Gasteiger partial charge on any atom is 0.229 e. The van der Waals surface area contributed by atoms with Gasteiger partial charge in [-0.2, -0.15) is 0 Å². The number of fused-ring (bicyclic) bond motifs is 2. The summed E-state index contributed by atoms with van der Waals surface area (Å²) in [6, 6.07) is 59.3. The summed E-state index contributed by atoms with van der Waals surface area (Å²) in [5, 5.41) is 2.49. The lowest BCUT2D eigenvalue weighted by Crippen LogP contribution is -2.11. The van der Waals surface area contributed by atoms with E-state index in [0.717, 1.165) is 33.7 Å². The fourth-order valence-corrected chi connectivity index (χ4v) is 5.96. The molecule has 0 radical (unpaired) electrons. The molecule has 1 heterocycles. The van der Waals surface area contributed by atoms with Crippen LogP contribution in [0, 0.1) is 0 Å². The van der Waals surface area contributed by atoms with Crippen molar-refractivity contribution >= 4 is 38.9 Å². The van der Waals surface area contributed by atoms with E-state index >= 15 is 0 Å². The smallest absolute Gasteiger partial charge is 0.229 e. The third-order valence-electron chi connectivity index (χ3n) is 8.13. The second kappa shape index (κ2) is 11.0. The Bertz CT molecular complexity index is 2180. The molecule has 0 aliphatic rings. The zero-order chi connectivity index (χ0) is 29.3. The molecule has 8 rings (SSSR count).